The average molecular weight is 475 g/mol. The predicted molar refractivity (Wildman–Crippen MR) is 146 cm³/mol. The van der Waals surface area contributed by atoms with Crippen molar-refractivity contribution in [2.24, 2.45) is 0 Å². The van der Waals surface area contributed by atoms with Crippen LogP contribution >= 0.6 is 0 Å². The molecule has 0 atom stereocenters. The number of hydrogen-bond donors (Lipinski definition) is 1. The number of para-hydroxylation sites is 1. The van der Waals surface area contributed by atoms with E-state index >= 15 is 0 Å². The van der Waals surface area contributed by atoms with Crippen LogP contribution in [-0.4, -0.2) is 17.7 Å². The second-order valence-corrected chi connectivity index (χ2v) is 10.1. The van der Waals surface area contributed by atoms with Gasteiger partial charge in [-0.1, -0.05) is 154 Å². The van der Waals surface area contributed by atoms with Crippen molar-refractivity contribution in [1.82, 2.24) is 0 Å². The zero-order valence-electron chi connectivity index (χ0n) is 22.3. The van der Waals surface area contributed by atoms with Crippen LogP contribution in [0.3, 0.4) is 0 Å². The number of aromatic carboxylic acids is 1. The number of benzene rings is 1. The van der Waals surface area contributed by atoms with Gasteiger partial charge in [0.25, 0.3) is 0 Å². The fraction of sp³-hybridized carbons (Fsp3) is 0.774. The molecule has 3 nitrogen and oxygen atoms in total. The van der Waals surface area contributed by atoms with Crippen LogP contribution in [0.5, 0.6) is 5.75 Å². The molecule has 0 heterocycles. The van der Waals surface area contributed by atoms with Gasteiger partial charge in [0.2, 0.25) is 0 Å². The maximum atomic E-state index is 11.2. The minimum atomic E-state index is -0.926. The van der Waals surface area contributed by atoms with Crippen molar-refractivity contribution in [3.8, 4) is 5.75 Å². The van der Waals surface area contributed by atoms with Crippen LogP contribution in [0, 0.1) is 0 Å². The molecule has 0 amide bonds. The lowest BCUT2D eigenvalue weighted by molar-refractivity contribution is 0.0692. The Morgan fingerprint density at radius 3 is 1.32 bits per heavy atom. The summed E-state index contributed by atoms with van der Waals surface area (Å²) in [7, 11) is 0. The van der Waals surface area contributed by atoms with Crippen molar-refractivity contribution in [3.63, 3.8) is 0 Å². The number of unbranched alkanes of at least 4 members (excludes halogenated alkanes) is 21. The lowest BCUT2D eigenvalue weighted by Crippen LogP contribution is -2.04. The zero-order chi connectivity index (χ0) is 24.5. The molecule has 0 fully saturated rings. The van der Waals surface area contributed by atoms with Crippen LogP contribution in [0.25, 0.3) is 0 Å². The van der Waals surface area contributed by atoms with Gasteiger partial charge in [0, 0.05) is 0 Å². The zero-order valence-corrected chi connectivity index (χ0v) is 22.3. The highest BCUT2D eigenvalue weighted by Crippen LogP contribution is 2.19. The molecule has 1 N–H and O–H groups in total. The molecule has 0 aliphatic carbocycles. The fourth-order valence-corrected chi connectivity index (χ4v) is 4.66. The third-order valence-corrected chi connectivity index (χ3v) is 6.87. The molecule has 0 saturated carbocycles. The van der Waals surface area contributed by atoms with E-state index in [1.165, 1.54) is 128 Å². The highest BCUT2D eigenvalue weighted by molar-refractivity contribution is 5.90. The van der Waals surface area contributed by atoms with Gasteiger partial charge in [0.1, 0.15) is 11.3 Å². The van der Waals surface area contributed by atoms with E-state index in [1.807, 2.05) is 6.07 Å². The highest BCUT2D eigenvalue weighted by Gasteiger charge is 2.09. The molecule has 0 spiro atoms. The van der Waals surface area contributed by atoms with Gasteiger partial charge in [-0.05, 0) is 18.6 Å². The van der Waals surface area contributed by atoms with Gasteiger partial charge >= 0.3 is 5.97 Å². The van der Waals surface area contributed by atoms with Gasteiger partial charge in [-0.2, -0.15) is 0 Å². The third-order valence-electron chi connectivity index (χ3n) is 6.87. The Bertz CT molecular complexity index is 584. The SMILES string of the molecule is CCCCCCCCCCCCCCCCCCCCCCCCOc1ccccc1C(=O)O. The first-order valence-corrected chi connectivity index (χ1v) is 14.7. The number of carboxylic acid groups (broad SMARTS) is 1. The second-order valence-electron chi connectivity index (χ2n) is 10.1. The van der Waals surface area contributed by atoms with Crippen molar-refractivity contribution in [3.05, 3.63) is 29.8 Å². The van der Waals surface area contributed by atoms with Crippen LogP contribution in [-0.2, 0) is 0 Å². The summed E-state index contributed by atoms with van der Waals surface area (Å²) >= 11 is 0. The normalized spacial score (nSPS) is 11.1. The minimum Gasteiger partial charge on any atom is -0.493 e. The summed E-state index contributed by atoms with van der Waals surface area (Å²) in [5.41, 5.74) is 0.251. The predicted octanol–water partition coefficient (Wildman–Crippen LogP) is 10.4. The standard InChI is InChI=1S/C31H54O3/c1-2-3-4-5-6-7-8-9-10-11-12-13-14-15-16-17-18-19-20-21-22-25-28-34-30-27-24-23-26-29(30)31(32)33/h23-24,26-27H,2-22,25,28H2,1H3,(H,32,33). The van der Waals surface area contributed by atoms with Crippen LogP contribution in [0.15, 0.2) is 24.3 Å². The summed E-state index contributed by atoms with van der Waals surface area (Å²) in [6.45, 7) is 2.89. The first-order chi connectivity index (χ1) is 16.8. The first kappa shape index (κ1) is 30.5. The van der Waals surface area contributed by atoms with Gasteiger partial charge in [0.05, 0.1) is 6.61 Å². The number of carboxylic acids is 1. The Hall–Kier alpha value is -1.51. The molecule has 1 aromatic rings. The van der Waals surface area contributed by atoms with Crippen molar-refractivity contribution in [2.75, 3.05) is 6.61 Å². The quantitative estimate of drug-likeness (QED) is 0.143. The smallest absolute Gasteiger partial charge is 0.339 e. The monoisotopic (exact) mass is 474 g/mol. The van der Waals surface area contributed by atoms with Gasteiger partial charge < -0.3 is 9.84 Å². The molecule has 1 rings (SSSR count). The van der Waals surface area contributed by atoms with E-state index in [0.717, 1.165) is 12.8 Å². The van der Waals surface area contributed by atoms with E-state index in [9.17, 15) is 4.79 Å². The van der Waals surface area contributed by atoms with Crippen LogP contribution in [0.1, 0.15) is 159 Å². The summed E-state index contributed by atoms with van der Waals surface area (Å²) in [5, 5.41) is 9.17. The number of hydrogen-bond acceptors (Lipinski definition) is 2. The Morgan fingerprint density at radius 2 is 0.941 bits per heavy atom. The molecule has 0 aliphatic heterocycles. The highest BCUT2D eigenvalue weighted by atomic mass is 16.5. The van der Waals surface area contributed by atoms with Crippen LogP contribution < -0.4 is 4.74 Å². The summed E-state index contributed by atoms with van der Waals surface area (Å²) < 4.78 is 5.66. The van der Waals surface area contributed by atoms with E-state index in [2.05, 4.69) is 6.92 Å². The summed E-state index contributed by atoms with van der Waals surface area (Å²) in [6.07, 6.45) is 30.4. The summed E-state index contributed by atoms with van der Waals surface area (Å²) in [5.74, 6) is -0.441. The van der Waals surface area contributed by atoms with Gasteiger partial charge in [-0.3, -0.25) is 0 Å². The topological polar surface area (TPSA) is 46.5 Å². The number of carbonyl (C=O) groups is 1. The summed E-state index contributed by atoms with van der Waals surface area (Å²) in [6, 6.07) is 6.88. The molecule has 0 radical (unpaired) electrons. The molecular formula is C31H54O3. The molecule has 196 valence electrons. The van der Waals surface area contributed by atoms with Crippen molar-refractivity contribution in [2.45, 2.75) is 148 Å². The molecule has 1 aromatic carbocycles. The van der Waals surface area contributed by atoms with E-state index < -0.39 is 5.97 Å². The third kappa shape index (κ3) is 17.9. The molecule has 34 heavy (non-hydrogen) atoms. The second kappa shape index (κ2) is 23.2. The molecule has 3 heteroatoms. The minimum absolute atomic E-state index is 0.251. The Balaban J connectivity index is 1.74. The Kier molecular flexibility index (Phi) is 20.9. The Morgan fingerprint density at radius 1 is 0.588 bits per heavy atom. The summed E-state index contributed by atoms with van der Waals surface area (Å²) in [4.78, 5) is 11.2. The van der Waals surface area contributed by atoms with Crippen molar-refractivity contribution >= 4 is 5.97 Å². The fourth-order valence-electron chi connectivity index (χ4n) is 4.66. The molecule has 0 unspecified atom stereocenters. The molecular weight excluding hydrogens is 420 g/mol. The molecule has 0 bridgehead atoms. The number of rotatable bonds is 25. The van der Waals surface area contributed by atoms with Gasteiger partial charge in [-0.15, -0.1) is 0 Å². The van der Waals surface area contributed by atoms with E-state index in [-0.39, 0.29) is 5.56 Å². The maximum absolute atomic E-state index is 11.2. The molecule has 0 saturated heterocycles. The van der Waals surface area contributed by atoms with Crippen molar-refractivity contribution < 1.29 is 14.6 Å². The van der Waals surface area contributed by atoms with E-state index in [1.54, 1.807) is 18.2 Å². The number of ether oxygens (including phenoxy) is 1. The van der Waals surface area contributed by atoms with Crippen LogP contribution in [0.4, 0.5) is 0 Å². The van der Waals surface area contributed by atoms with Gasteiger partial charge in [-0.25, -0.2) is 4.79 Å². The van der Waals surface area contributed by atoms with E-state index in [4.69, 9.17) is 9.84 Å². The molecule has 0 aromatic heterocycles. The van der Waals surface area contributed by atoms with Gasteiger partial charge in [0.15, 0.2) is 0 Å². The Labute approximate surface area is 211 Å². The molecule has 0 aliphatic rings. The van der Waals surface area contributed by atoms with Crippen molar-refractivity contribution in [1.29, 1.82) is 0 Å². The average Bonchev–Trinajstić information content (AvgIpc) is 2.84. The van der Waals surface area contributed by atoms with E-state index in [0.29, 0.717) is 12.4 Å². The lowest BCUT2D eigenvalue weighted by Gasteiger charge is -2.08. The largest absolute Gasteiger partial charge is 0.493 e. The van der Waals surface area contributed by atoms with Crippen LogP contribution in [0.2, 0.25) is 0 Å². The maximum Gasteiger partial charge on any atom is 0.339 e. The lowest BCUT2D eigenvalue weighted by atomic mass is 10.0. The first-order valence-electron chi connectivity index (χ1n) is 14.7.